The number of benzene rings is 1. The van der Waals surface area contributed by atoms with E-state index in [2.05, 4.69) is 32.6 Å². The smallest absolute Gasteiger partial charge is 0.266 e. The molecule has 1 amide bonds. The number of tetrazole rings is 1. The van der Waals surface area contributed by atoms with Gasteiger partial charge < -0.3 is 9.64 Å². The summed E-state index contributed by atoms with van der Waals surface area (Å²) >= 11 is 1.43. The van der Waals surface area contributed by atoms with Crippen molar-refractivity contribution in [2.45, 2.75) is 13.0 Å². The first-order valence-electron chi connectivity index (χ1n) is 9.20. The molecule has 1 aliphatic heterocycles. The van der Waals surface area contributed by atoms with E-state index in [1.807, 2.05) is 28.5 Å². The number of hydrogen-bond acceptors (Lipinski definition) is 7. The molecule has 0 spiro atoms. The van der Waals surface area contributed by atoms with Crippen molar-refractivity contribution in [1.82, 2.24) is 30.0 Å². The zero-order valence-corrected chi connectivity index (χ0v) is 16.5. The van der Waals surface area contributed by atoms with E-state index < -0.39 is 0 Å². The molecule has 0 saturated carbocycles. The molecule has 0 radical (unpaired) electrons. The number of hydrogen-bond donors (Lipinski definition) is 0. The van der Waals surface area contributed by atoms with Gasteiger partial charge in [-0.05, 0) is 46.0 Å². The predicted octanol–water partition coefficient (Wildman–Crippen LogP) is 2.08. The fourth-order valence-corrected chi connectivity index (χ4v) is 4.22. The third-order valence-corrected chi connectivity index (χ3v) is 5.77. The Hall–Kier alpha value is -2.78. The normalized spacial score (nSPS) is 15.4. The van der Waals surface area contributed by atoms with Crippen LogP contribution in [0.2, 0.25) is 0 Å². The molecule has 0 bridgehead atoms. The van der Waals surface area contributed by atoms with E-state index in [0.717, 1.165) is 44.0 Å². The Morgan fingerprint density at radius 3 is 2.75 bits per heavy atom. The fourth-order valence-electron chi connectivity index (χ4n) is 3.38. The summed E-state index contributed by atoms with van der Waals surface area (Å²) in [7, 11) is 1.67. The van der Waals surface area contributed by atoms with E-state index in [4.69, 9.17) is 4.74 Å². The third kappa shape index (κ3) is 4.05. The first-order valence-corrected chi connectivity index (χ1v) is 10.1. The lowest BCUT2D eigenvalue weighted by atomic mass is 10.2. The predicted molar refractivity (Wildman–Crippen MR) is 106 cm³/mol. The van der Waals surface area contributed by atoms with Gasteiger partial charge >= 0.3 is 0 Å². The first kappa shape index (κ1) is 18.6. The maximum atomic E-state index is 13.1. The van der Waals surface area contributed by atoms with Crippen molar-refractivity contribution in [2.24, 2.45) is 0 Å². The van der Waals surface area contributed by atoms with Crippen LogP contribution in [0.4, 0.5) is 0 Å². The number of methoxy groups -OCH3 is 1. The van der Waals surface area contributed by atoms with Gasteiger partial charge in [-0.3, -0.25) is 9.69 Å². The van der Waals surface area contributed by atoms with E-state index in [1.165, 1.54) is 27.9 Å². The summed E-state index contributed by atoms with van der Waals surface area (Å²) in [6.45, 7) is 4.16. The van der Waals surface area contributed by atoms with Crippen LogP contribution in [-0.4, -0.2) is 69.2 Å². The number of thiophene rings is 1. The summed E-state index contributed by atoms with van der Waals surface area (Å²) in [5.74, 6) is 0.914. The number of carbonyl (C=O) groups excluding carboxylic acids is 1. The Kier molecular flexibility index (Phi) is 5.63. The second kappa shape index (κ2) is 8.49. The number of rotatable bonds is 5. The second-order valence-electron chi connectivity index (χ2n) is 6.66. The van der Waals surface area contributed by atoms with Crippen LogP contribution in [0.5, 0.6) is 5.75 Å². The SMILES string of the molecule is COc1ccc(CN2CCCN(C(=O)c3sccc3-n3cnnn3)CC2)cc1. The Bertz CT molecular complexity index is 909. The van der Waals surface area contributed by atoms with Crippen LogP contribution in [0.3, 0.4) is 0 Å². The largest absolute Gasteiger partial charge is 0.497 e. The van der Waals surface area contributed by atoms with Crippen molar-refractivity contribution in [3.8, 4) is 11.4 Å². The fraction of sp³-hybridized carbons (Fsp3) is 0.368. The molecule has 0 N–H and O–H groups in total. The molecule has 3 aromatic rings. The maximum absolute atomic E-state index is 13.1. The molecule has 0 aliphatic carbocycles. The van der Waals surface area contributed by atoms with Crippen molar-refractivity contribution >= 4 is 17.2 Å². The lowest BCUT2D eigenvalue weighted by Crippen LogP contribution is -2.35. The number of aromatic nitrogens is 4. The van der Waals surface area contributed by atoms with Gasteiger partial charge in [-0.15, -0.1) is 16.4 Å². The summed E-state index contributed by atoms with van der Waals surface area (Å²) < 4.78 is 6.76. The summed E-state index contributed by atoms with van der Waals surface area (Å²) in [6, 6.07) is 10.0. The van der Waals surface area contributed by atoms with Crippen LogP contribution in [0.25, 0.3) is 5.69 Å². The Morgan fingerprint density at radius 1 is 1.14 bits per heavy atom. The maximum Gasteiger partial charge on any atom is 0.266 e. The summed E-state index contributed by atoms with van der Waals surface area (Å²) in [5, 5.41) is 13.1. The van der Waals surface area contributed by atoms with E-state index in [0.29, 0.717) is 11.4 Å². The minimum Gasteiger partial charge on any atom is -0.497 e. The highest BCUT2D eigenvalue weighted by Gasteiger charge is 2.24. The summed E-state index contributed by atoms with van der Waals surface area (Å²) in [5.41, 5.74) is 1.99. The van der Waals surface area contributed by atoms with E-state index in [1.54, 1.807) is 7.11 Å². The lowest BCUT2D eigenvalue weighted by Gasteiger charge is -2.22. The second-order valence-corrected chi connectivity index (χ2v) is 7.58. The molecule has 146 valence electrons. The van der Waals surface area contributed by atoms with Crippen LogP contribution in [0, 0.1) is 0 Å². The van der Waals surface area contributed by atoms with E-state index in [9.17, 15) is 4.79 Å². The standard InChI is InChI=1S/C19H22N6O2S/c1-27-16-5-3-15(4-6-16)13-23-8-2-9-24(11-10-23)19(26)18-17(7-12-28-18)25-14-20-21-22-25/h3-7,12,14H,2,8-11,13H2,1H3. The minimum absolute atomic E-state index is 0.0480. The van der Waals surface area contributed by atoms with Gasteiger partial charge in [-0.1, -0.05) is 12.1 Å². The molecular formula is C19H22N6O2S. The Labute approximate surface area is 167 Å². The number of ether oxygens (including phenoxy) is 1. The van der Waals surface area contributed by atoms with Crippen LogP contribution < -0.4 is 4.74 Å². The van der Waals surface area contributed by atoms with Crippen molar-refractivity contribution in [2.75, 3.05) is 33.3 Å². The highest BCUT2D eigenvalue weighted by atomic mass is 32.1. The average molecular weight is 398 g/mol. The summed E-state index contributed by atoms with van der Waals surface area (Å²) in [6.07, 6.45) is 2.46. The molecule has 2 aromatic heterocycles. The van der Waals surface area contributed by atoms with Crippen molar-refractivity contribution in [1.29, 1.82) is 0 Å². The van der Waals surface area contributed by atoms with Gasteiger partial charge in [-0.25, -0.2) is 0 Å². The van der Waals surface area contributed by atoms with Crippen LogP contribution in [-0.2, 0) is 6.54 Å². The molecule has 0 unspecified atom stereocenters. The van der Waals surface area contributed by atoms with Gasteiger partial charge in [0.1, 0.15) is 17.0 Å². The Morgan fingerprint density at radius 2 is 2.00 bits per heavy atom. The van der Waals surface area contributed by atoms with Crippen molar-refractivity contribution < 1.29 is 9.53 Å². The first-order chi connectivity index (χ1) is 13.7. The Balaban J connectivity index is 1.40. The minimum atomic E-state index is 0.0480. The van der Waals surface area contributed by atoms with Crippen molar-refractivity contribution in [3.63, 3.8) is 0 Å². The van der Waals surface area contributed by atoms with Crippen LogP contribution >= 0.6 is 11.3 Å². The molecule has 8 nitrogen and oxygen atoms in total. The number of nitrogens with zero attached hydrogens (tertiary/aromatic N) is 6. The zero-order chi connectivity index (χ0) is 19.3. The number of carbonyl (C=O) groups is 1. The quantitative estimate of drug-likeness (QED) is 0.655. The topological polar surface area (TPSA) is 76.4 Å². The third-order valence-electron chi connectivity index (χ3n) is 4.88. The zero-order valence-electron chi connectivity index (χ0n) is 15.7. The van der Waals surface area contributed by atoms with Crippen LogP contribution in [0.1, 0.15) is 21.7 Å². The lowest BCUT2D eigenvalue weighted by molar-refractivity contribution is 0.0766. The molecule has 9 heteroatoms. The molecular weight excluding hydrogens is 376 g/mol. The monoisotopic (exact) mass is 398 g/mol. The van der Waals surface area contributed by atoms with Gasteiger partial charge in [0.2, 0.25) is 0 Å². The van der Waals surface area contributed by atoms with Gasteiger partial charge in [0.05, 0.1) is 12.8 Å². The van der Waals surface area contributed by atoms with Gasteiger partial charge in [-0.2, -0.15) is 4.68 Å². The average Bonchev–Trinajstić information content (AvgIpc) is 3.37. The highest BCUT2D eigenvalue weighted by molar-refractivity contribution is 7.12. The number of amides is 1. The van der Waals surface area contributed by atoms with Crippen LogP contribution in [0.15, 0.2) is 42.0 Å². The highest BCUT2D eigenvalue weighted by Crippen LogP contribution is 2.23. The van der Waals surface area contributed by atoms with Gasteiger partial charge in [0.25, 0.3) is 5.91 Å². The summed E-state index contributed by atoms with van der Waals surface area (Å²) in [4.78, 5) is 18.1. The van der Waals surface area contributed by atoms with Gasteiger partial charge in [0, 0.05) is 32.7 Å². The van der Waals surface area contributed by atoms with Crippen molar-refractivity contribution in [3.05, 3.63) is 52.5 Å². The molecule has 28 heavy (non-hydrogen) atoms. The molecule has 1 aliphatic rings. The van der Waals surface area contributed by atoms with E-state index >= 15 is 0 Å². The molecule has 1 aromatic carbocycles. The molecule has 0 atom stereocenters. The molecule has 1 fully saturated rings. The molecule has 1 saturated heterocycles. The molecule has 4 rings (SSSR count). The van der Waals surface area contributed by atoms with Gasteiger partial charge in [0.15, 0.2) is 0 Å². The molecule has 3 heterocycles. The van der Waals surface area contributed by atoms with E-state index in [-0.39, 0.29) is 5.91 Å².